The van der Waals surface area contributed by atoms with Crippen LogP contribution in [0, 0.1) is 0 Å². The summed E-state index contributed by atoms with van der Waals surface area (Å²) in [5, 5.41) is 4.82. The number of carbonyl (C=O) groups is 1. The molecule has 0 spiro atoms. The van der Waals surface area contributed by atoms with Gasteiger partial charge in [0.15, 0.2) is 0 Å². The number of thiazole rings is 1. The zero-order chi connectivity index (χ0) is 27.3. The third-order valence-electron chi connectivity index (χ3n) is 7.12. The van der Waals surface area contributed by atoms with E-state index in [1.54, 1.807) is 34.8 Å². The molecule has 2 aliphatic heterocycles. The summed E-state index contributed by atoms with van der Waals surface area (Å²) in [4.78, 5) is 22.0. The van der Waals surface area contributed by atoms with Gasteiger partial charge < -0.3 is 15.0 Å². The first-order valence-electron chi connectivity index (χ1n) is 12.9. The minimum absolute atomic E-state index is 0.171. The summed E-state index contributed by atoms with van der Waals surface area (Å²) >= 11 is 3.23. The SMILES string of the molecule is CC1CN(S(=O)(=O)c2ccc(C(=O)Nc3sc4c(c3-c3nc5ccccc5s3)CCN(C)C4)cc2)CC(C)O1. The number of fused-ring (bicyclic) bond motifs is 2. The number of hydrogen-bond donors (Lipinski definition) is 1. The third kappa shape index (κ3) is 5.15. The van der Waals surface area contributed by atoms with Crippen LogP contribution in [-0.4, -0.2) is 67.4 Å². The van der Waals surface area contributed by atoms with Gasteiger partial charge in [-0.25, -0.2) is 13.4 Å². The van der Waals surface area contributed by atoms with E-state index < -0.39 is 10.0 Å². The maximum absolute atomic E-state index is 13.4. The number of para-hydroxylation sites is 1. The van der Waals surface area contributed by atoms with Crippen molar-refractivity contribution >= 4 is 53.8 Å². The molecule has 2 aliphatic rings. The second-order valence-electron chi connectivity index (χ2n) is 10.2. The topological polar surface area (TPSA) is 91.8 Å². The fraction of sp³-hybridized carbons (Fsp3) is 0.357. The molecule has 1 fully saturated rings. The summed E-state index contributed by atoms with van der Waals surface area (Å²) < 4.78 is 34.7. The molecule has 39 heavy (non-hydrogen) atoms. The number of benzene rings is 2. The number of nitrogens with zero attached hydrogens (tertiary/aromatic N) is 3. The minimum atomic E-state index is -3.68. The van der Waals surface area contributed by atoms with Crippen LogP contribution >= 0.6 is 22.7 Å². The van der Waals surface area contributed by atoms with Crippen LogP contribution in [0.5, 0.6) is 0 Å². The van der Waals surface area contributed by atoms with Crippen LogP contribution in [0.2, 0.25) is 0 Å². The molecule has 2 unspecified atom stereocenters. The van der Waals surface area contributed by atoms with Gasteiger partial charge in [-0.2, -0.15) is 4.31 Å². The van der Waals surface area contributed by atoms with Crippen LogP contribution in [0.4, 0.5) is 5.00 Å². The number of carbonyl (C=O) groups excluding carboxylic acids is 1. The normalized spacial score (nSPS) is 20.7. The lowest BCUT2D eigenvalue weighted by Crippen LogP contribution is -2.48. The quantitative estimate of drug-likeness (QED) is 0.354. The Morgan fingerprint density at radius 2 is 1.77 bits per heavy atom. The zero-order valence-electron chi connectivity index (χ0n) is 22.0. The Bertz CT molecular complexity index is 1600. The second-order valence-corrected chi connectivity index (χ2v) is 14.3. The molecule has 8 nitrogen and oxygen atoms in total. The molecule has 6 rings (SSSR count). The summed E-state index contributed by atoms with van der Waals surface area (Å²) in [5.74, 6) is -0.276. The number of thiophene rings is 1. The lowest BCUT2D eigenvalue weighted by molar-refractivity contribution is -0.0440. The number of anilines is 1. The van der Waals surface area contributed by atoms with Crippen molar-refractivity contribution in [3.8, 4) is 10.6 Å². The van der Waals surface area contributed by atoms with Crippen molar-refractivity contribution in [2.45, 2.75) is 43.9 Å². The molecule has 0 bridgehead atoms. The Balaban J connectivity index is 1.28. The molecule has 4 aromatic rings. The minimum Gasteiger partial charge on any atom is -0.373 e. The highest BCUT2D eigenvalue weighted by Crippen LogP contribution is 2.45. The number of ether oxygens (including phenoxy) is 1. The fourth-order valence-electron chi connectivity index (χ4n) is 5.25. The Morgan fingerprint density at radius 1 is 1.05 bits per heavy atom. The van der Waals surface area contributed by atoms with Crippen molar-refractivity contribution in [1.82, 2.24) is 14.2 Å². The van der Waals surface area contributed by atoms with Crippen LogP contribution in [0.25, 0.3) is 20.8 Å². The fourth-order valence-corrected chi connectivity index (χ4v) is 9.28. The van der Waals surface area contributed by atoms with Crippen molar-refractivity contribution in [2.75, 3.05) is 32.0 Å². The van der Waals surface area contributed by atoms with Crippen LogP contribution in [-0.2, 0) is 27.7 Å². The van der Waals surface area contributed by atoms with E-state index in [1.807, 2.05) is 32.0 Å². The van der Waals surface area contributed by atoms with Crippen molar-refractivity contribution < 1.29 is 17.9 Å². The number of nitrogens with one attached hydrogen (secondary N) is 1. The van der Waals surface area contributed by atoms with E-state index in [0.29, 0.717) is 18.7 Å². The lowest BCUT2D eigenvalue weighted by atomic mass is 10.0. The summed E-state index contributed by atoms with van der Waals surface area (Å²) in [5.41, 5.74) is 3.61. The van der Waals surface area contributed by atoms with Crippen molar-refractivity contribution in [3.63, 3.8) is 0 Å². The smallest absolute Gasteiger partial charge is 0.256 e. The average molecular weight is 583 g/mol. The monoisotopic (exact) mass is 582 g/mol. The van der Waals surface area contributed by atoms with Gasteiger partial charge in [-0.05, 0) is 69.3 Å². The van der Waals surface area contributed by atoms with Gasteiger partial charge in [-0.1, -0.05) is 12.1 Å². The molecule has 1 amide bonds. The van der Waals surface area contributed by atoms with Crippen molar-refractivity contribution in [1.29, 1.82) is 0 Å². The predicted octanol–water partition coefficient (Wildman–Crippen LogP) is 5.06. The van der Waals surface area contributed by atoms with E-state index in [4.69, 9.17) is 9.72 Å². The van der Waals surface area contributed by atoms with Crippen LogP contribution in [0.3, 0.4) is 0 Å². The van der Waals surface area contributed by atoms with E-state index in [1.165, 1.54) is 26.9 Å². The molecule has 0 aliphatic carbocycles. The summed E-state index contributed by atoms with van der Waals surface area (Å²) in [7, 11) is -1.58. The number of amides is 1. The molecule has 1 saturated heterocycles. The second kappa shape index (κ2) is 10.4. The first-order valence-corrected chi connectivity index (χ1v) is 16.0. The highest BCUT2D eigenvalue weighted by molar-refractivity contribution is 7.89. The van der Waals surface area contributed by atoms with Gasteiger partial charge in [-0.3, -0.25) is 4.79 Å². The molecule has 2 aromatic carbocycles. The van der Waals surface area contributed by atoms with Crippen molar-refractivity contribution in [2.24, 2.45) is 0 Å². The molecular formula is C28H30N4O4S3. The van der Waals surface area contributed by atoms with Gasteiger partial charge in [0, 0.05) is 42.2 Å². The predicted molar refractivity (Wildman–Crippen MR) is 156 cm³/mol. The Kier molecular flexibility index (Phi) is 7.07. The number of morpholine rings is 1. The summed E-state index contributed by atoms with van der Waals surface area (Å²) in [6.07, 6.45) is 0.554. The van der Waals surface area contributed by atoms with Crippen LogP contribution in [0.15, 0.2) is 53.4 Å². The molecule has 0 radical (unpaired) electrons. The van der Waals surface area contributed by atoms with Gasteiger partial charge in [0.05, 0.1) is 27.3 Å². The molecule has 2 atom stereocenters. The van der Waals surface area contributed by atoms with Crippen LogP contribution < -0.4 is 5.32 Å². The van der Waals surface area contributed by atoms with Gasteiger partial charge in [0.2, 0.25) is 10.0 Å². The molecule has 11 heteroatoms. The Morgan fingerprint density at radius 3 is 2.49 bits per heavy atom. The van der Waals surface area contributed by atoms with E-state index in [9.17, 15) is 13.2 Å². The van der Waals surface area contributed by atoms with Gasteiger partial charge in [0.1, 0.15) is 10.0 Å². The number of hydrogen-bond acceptors (Lipinski definition) is 8. The summed E-state index contributed by atoms with van der Waals surface area (Å²) in [6.45, 7) is 6.14. The van der Waals surface area contributed by atoms with E-state index in [-0.39, 0.29) is 23.0 Å². The average Bonchev–Trinajstić information content (AvgIpc) is 3.48. The number of rotatable bonds is 5. The zero-order valence-corrected chi connectivity index (χ0v) is 24.5. The number of likely N-dealkylation sites (N-methyl/N-ethyl adjacent to an activating group) is 1. The Hall–Kier alpha value is -2.67. The maximum Gasteiger partial charge on any atom is 0.256 e. The molecule has 2 aromatic heterocycles. The lowest BCUT2D eigenvalue weighted by Gasteiger charge is -2.34. The van der Waals surface area contributed by atoms with Crippen molar-refractivity contribution in [3.05, 3.63) is 64.5 Å². The number of aromatic nitrogens is 1. The Labute approximate surface area is 236 Å². The molecule has 1 N–H and O–H groups in total. The maximum atomic E-state index is 13.4. The number of sulfonamides is 1. The van der Waals surface area contributed by atoms with Gasteiger partial charge >= 0.3 is 0 Å². The molecule has 4 heterocycles. The van der Waals surface area contributed by atoms with Gasteiger partial charge in [-0.15, -0.1) is 22.7 Å². The molecular weight excluding hydrogens is 553 g/mol. The van der Waals surface area contributed by atoms with E-state index in [0.717, 1.165) is 45.3 Å². The van der Waals surface area contributed by atoms with Gasteiger partial charge in [0.25, 0.3) is 5.91 Å². The van der Waals surface area contributed by atoms with E-state index in [2.05, 4.69) is 23.3 Å². The first kappa shape index (κ1) is 26.5. The highest BCUT2D eigenvalue weighted by atomic mass is 32.2. The standard InChI is InChI=1S/C28H30N4O4S3/c1-17-14-32(15-18(2)36-17)39(34,35)20-10-8-19(9-11-20)26(33)30-28-25(21-12-13-31(3)16-24(21)38-28)27-29-22-6-4-5-7-23(22)37-27/h4-11,17-18H,12-16H2,1-3H3,(H,30,33). The molecule has 204 valence electrons. The summed E-state index contributed by atoms with van der Waals surface area (Å²) in [6, 6.07) is 14.2. The largest absolute Gasteiger partial charge is 0.373 e. The molecule has 0 saturated carbocycles. The third-order valence-corrected chi connectivity index (χ3v) is 11.2. The first-order chi connectivity index (χ1) is 18.7. The highest BCUT2D eigenvalue weighted by Gasteiger charge is 2.32. The van der Waals surface area contributed by atoms with Crippen LogP contribution in [0.1, 0.15) is 34.6 Å². The van der Waals surface area contributed by atoms with E-state index >= 15 is 0 Å².